The van der Waals surface area contributed by atoms with E-state index in [4.69, 9.17) is 10.5 Å². The Balaban J connectivity index is 1.69. The van der Waals surface area contributed by atoms with Gasteiger partial charge in [-0.2, -0.15) is 10.2 Å². The number of benzene rings is 2. The number of primary amides is 1. The molecule has 0 bridgehead atoms. The Morgan fingerprint density at radius 3 is 2.41 bits per heavy atom. The average Bonchev–Trinajstić information content (AvgIpc) is 3.16. The summed E-state index contributed by atoms with van der Waals surface area (Å²) in [6, 6.07) is 13.4. The van der Waals surface area contributed by atoms with Crippen LogP contribution in [0.2, 0.25) is 0 Å². The minimum absolute atomic E-state index is 0.331. The van der Waals surface area contributed by atoms with Crippen LogP contribution in [-0.4, -0.2) is 35.3 Å². The lowest BCUT2D eigenvalue weighted by Gasteiger charge is -2.03. The first kappa shape index (κ1) is 17.9. The minimum Gasteiger partial charge on any atom is -0.497 e. The number of nitrogens with one attached hydrogen (secondary N) is 2. The van der Waals surface area contributed by atoms with Crippen molar-refractivity contribution in [3.8, 4) is 17.0 Å². The van der Waals surface area contributed by atoms with Crippen LogP contribution in [0.15, 0.2) is 59.8 Å². The molecule has 2 amide bonds. The maximum Gasteiger partial charge on any atom is 0.271 e. The van der Waals surface area contributed by atoms with Crippen LogP contribution >= 0.6 is 0 Å². The fourth-order valence-corrected chi connectivity index (χ4v) is 2.39. The average molecular weight is 363 g/mol. The Morgan fingerprint density at radius 1 is 1.11 bits per heavy atom. The van der Waals surface area contributed by atoms with Gasteiger partial charge in [-0.3, -0.25) is 14.7 Å². The number of amides is 2. The van der Waals surface area contributed by atoms with Crippen LogP contribution in [0.5, 0.6) is 5.75 Å². The molecule has 8 heteroatoms. The molecule has 0 spiro atoms. The molecule has 1 heterocycles. The van der Waals surface area contributed by atoms with E-state index < -0.39 is 11.8 Å². The highest BCUT2D eigenvalue weighted by molar-refractivity contribution is 5.97. The molecule has 0 unspecified atom stereocenters. The van der Waals surface area contributed by atoms with Gasteiger partial charge in [0.25, 0.3) is 5.91 Å². The molecule has 2 aromatic carbocycles. The SMILES string of the molecule is COc1ccc(-c2[nH]ncc2C=NNC(=O)c2ccc(C(N)=O)cc2)cc1. The Morgan fingerprint density at radius 2 is 1.78 bits per heavy atom. The van der Waals surface area contributed by atoms with Crippen LogP contribution in [0.3, 0.4) is 0 Å². The summed E-state index contributed by atoms with van der Waals surface area (Å²) in [6.07, 6.45) is 3.11. The van der Waals surface area contributed by atoms with Gasteiger partial charge >= 0.3 is 0 Å². The number of rotatable bonds is 6. The minimum atomic E-state index is -0.550. The summed E-state index contributed by atoms with van der Waals surface area (Å²) in [5.41, 5.74) is 10.7. The zero-order chi connectivity index (χ0) is 19.2. The van der Waals surface area contributed by atoms with Gasteiger partial charge in [0.2, 0.25) is 5.91 Å². The first-order valence-electron chi connectivity index (χ1n) is 7.99. The fraction of sp³-hybridized carbons (Fsp3) is 0.0526. The number of carbonyl (C=O) groups excluding carboxylic acids is 2. The number of carbonyl (C=O) groups is 2. The quantitative estimate of drug-likeness (QED) is 0.457. The lowest BCUT2D eigenvalue weighted by Crippen LogP contribution is -2.18. The molecule has 27 heavy (non-hydrogen) atoms. The molecule has 0 saturated carbocycles. The summed E-state index contributed by atoms with van der Waals surface area (Å²) >= 11 is 0. The fourth-order valence-electron chi connectivity index (χ4n) is 2.39. The largest absolute Gasteiger partial charge is 0.497 e. The molecular weight excluding hydrogens is 346 g/mol. The Labute approximate surface area is 155 Å². The number of nitrogens with two attached hydrogens (primary N) is 1. The van der Waals surface area contributed by atoms with Crippen LogP contribution in [0.4, 0.5) is 0 Å². The van der Waals surface area contributed by atoms with Gasteiger partial charge in [0.05, 0.1) is 25.2 Å². The molecule has 0 fully saturated rings. The van der Waals surface area contributed by atoms with Crippen molar-refractivity contribution in [2.45, 2.75) is 0 Å². The summed E-state index contributed by atoms with van der Waals surface area (Å²) in [7, 11) is 1.60. The van der Waals surface area contributed by atoms with Crippen molar-refractivity contribution in [1.82, 2.24) is 15.6 Å². The highest BCUT2D eigenvalue weighted by Crippen LogP contribution is 2.22. The zero-order valence-electron chi connectivity index (χ0n) is 14.5. The molecular formula is C19H17N5O3. The summed E-state index contributed by atoms with van der Waals surface area (Å²) in [5.74, 6) is -0.203. The maximum absolute atomic E-state index is 12.1. The van der Waals surface area contributed by atoms with Gasteiger partial charge in [0, 0.05) is 22.3 Å². The second kappa shape index (κ2) is 7.96. The van der Waals surface area contributed by atoms with Gasteiger partial charge in [-0.15, -0.1) is 0 Å². The van der Waals surface area contributed by atoms with Crippen LogP contribution in [0.1, 0.15) is 26.3 Å². The van der Waals surface area contributed by atoms with Gasteiger partial charge < -0.3 is 10.5 Å². The van der Waals surface area contributed by atoms with Crippen molar-refractivity contribution in [2.24, 2.45) is 10.8 Å². The van der Waals surface area contributed by atoms with Crippen LogP contribution < -0.4 is 15.9 Å². The molecule has 0 aliphatic heterocycles. The zero-order valence-corrected chi connectivity index (χ0v) is 14.5. The van der Waals surface area contributed by atoms with Crippen molar-refractivity contribution in [1.29, 1.82) is 0 Å². The van der Waals surface area contributed by atoms with Crippen molar-refractivity contribution >= 4 is 18.0 Å². The summed E-state index contributed by atoms with van der Waals surface area (Å²) in [6.45, 7) is 0. The lowest BCUT2D eigenvalue weighted by molar-refractivity contribution is 0.0952. The summed E-state index contributed by atoms with van der Waals surface area (Å²) < 4.78 is 5.15. The molecule has 3 aromatic rings. The molecule has 0 aliphatic rings. The molecule has 8 nitrogen and oxygen atoms in total. The van der Waals surface area contributed by atoms with E-state index in [-0.39, 0.29) is 0 Å². The van der Waals surface area contributed by atoms with E-state index in [2.05, 4.69) is 20.7 Å². The van der Waals surface area contributed by atoms with Crippen LogP contribution in [0.25, 0.3) is 11.3 Å². The molecule has 0 atom stereocenters. The Bertz CT molecular complexity index is 975. The Kier molecular flexibility index (Phi) is 5.27. The normalized spacial score (nSPS) is 10.7. The van der Waals surface area contributed by atoms with E-state index >= 15 is 0 Å². The number of methoxy groups -OCH3 is 1. The summed E-state index contributed by atoms with van der Waals surface area (Å²) in [5, 5.41) is 10.9. The molecule has 0 aliphatic carbocycles. The smallest absolute Gasteiger partial charge is 0.271 e. The van der Waals surface area contributed by atoms with Gasteiger partial charge in [-0.1, -0.05) is 0 Å². The number of aromatic amines is 1. The highest BCUT2D eigenvalue weighted by Gasteiger charge is 2.08. The topological polar surface area (TPSA) is 122 Å². The number of aromatic nitrogens is 2. The van der Waals surface area contributed by atoms with E-state index in [1.54, 1.807) is 13.3 Å². The third-order valence-electron chi connectivity index (χ3n) is 3.85. The van der Waals surface area contributed by atoms with Crippen molar-refractivity contribution in [3.05, 3.63) is 71.4 Å². The van der Waals surface area contributed by atoms with Gasteiger partial charge in [0.1, 0.15) is 5.75 Å². The van der Waals surface area contributed by atoms with Crippen molar-refractivity contribution < 1.29 is 14.3 Å². The number of ether oxygens (including phenoxy) is 1. The van der Waals surface area contributed by atoms with Crippen molar-refractivity contribution in [3.63, 3.8) is 0 Å². The first-order chi connectivity index (χ1) is 13.1. The number of hydrogen-bond donors (Lipinski definition) is 3. The third kappa shape index (κ3) is 4.18. The number of hydrogen-bond acceptors (Lipinski definition) is 5. The molecule has 3 rings (SSSR count). The summed E-state index contributed by atoms with van der Waals surface area (Å²) in [4.78, 5) is 23.2. The van der Waals surface area contributed by atoms with Crippen LogP contribution in [0, 0.1) is 0 Å². The second-order valence-electron chi connectivity index (χ2n) is 5.57. The number of nitrogens with zero attached hydrogens (tertiary/aromatic N) is 2. The molecule has 0 radical (unpaired) electrons. The molecule has 136 valence electrons. The first-order valence-corrected chi connectivity index (χ1v) is 7.99. The van der Waals surface area contributed by atoms with E-state index in [0.717, 1.165) is 17.0 Å². The molecule has 1 aromatic heterocycles. The van der Waals surface area contributed by atoms with E-state index in [9.17, 15) is 9.59 Å². The van der Waals surface area contributed by atoms with E-state index in [1.807, 2.05) is 24.3 Å². The van der Waals surface area contributed by atoms with E-state index in [0.29, 0.717) is 16.7 Å². The van der Waals surface area contributed by atoms with Crippen LogP contribution in [-0.2, 0) is 0 Å². The van der Waals surface area contributed by atoms with Gasteiger partial charge in [-0.05, 0) is 48.5 Å². The standard InChI is InChI=1S/C19H17N5O3/c1-27-16-8-6-12(7-9-16)17-15(10-21-23-17)11-22-24-19(26)14-4-2-13(3-5-14)18(20)25/h2-11H,1H3,(H2,20,25)(H,21,23)(H,24,26). The second-order valence-corrected chi connectivity index (χ2v) is 5.57. The van der Waals surface area contributed by atoms with Crippen molar-refractivity contribution in [2.75, 3.05) is 7.11 Å². The molecule has 0 saturated heterocycles. The maximum atomic E-state index is 12.1. The Hall–Kier alpha value is -3.94. The lowest BCUT2D eigenvalue weighted by atomic mass is 10.1. The highest BCUT2D eigenvalue weighted by atomic mass is 16.5. The van der Waals surface area contributed by atoms with Gasteiger partial charge in [0.15, 0.2) is 0 Å². The predicted octanol–water partition coefficient (Wildman–Crippen LogP) is 1.95. The monoisotopic (exact) mass is 363 g/mol. The van der Waals surface area contributed by atoms with E-state index in [1.165, 1.54) is 30.5 Å². The van der Waals surface area contributed by atoms with Gasteiger partial charge in [-0.25, -0.2) is 5.43 Å². The third-order valence-corrected chi connectivity index (χ3v) is 3.85. The number of H-pyrrole nitrogens is 1. The predicted molar refractivity (Wildman–Crippen MR) is 101 cm³/mol. The number of hydrazone groups is 1. The molecule has 4 N–H and O–H groups in total.